The number of anilines is 1. The van der Waals surface area contributed by atoms with E-state index < -0.39 is 26.9 Å². The molecule has 11 heteroatoms. The van der Waals surface area contributed by atoms with E-state index in [1.165, 1.54) is 24.3 Å². The average molecular weight is 475 g/mol. The fourth-order valence-corrected chi connectivity index (χ4v) is 3.69. The number of nitrogens with zero attached hydrogens (tertiary/aromatic N) is 1. The van der Waals surface area contributed by atoms with Crippen molar-refractivity contribution >= 4 is 38.9 Å². The minimum absolute atomic E-state index is 0.00795. The van der Waals surface area contributed by atoms with Crippen LogP contribution in [0.4, 0.5) is 11.4 Å². The van der Waals surface area contributed by atoms with Crippen LogP contribution < -0.4 is 15.8 Å². The number of primary sulfonamides is 1. The Morgan fingerprint density at radius 2 is 1.72 bits per heavy atom. The number of carbonyl (C=O) groups is 1. The number of nitro benzene ring substituents is 1. The fourth-order valence-electron chi connectivity index (χ4n) is 2.95. The monoisotopic (exact) mass is 474 g/mol. The van der Waals surface area contributed by atoms with E-state index in [4.69, 9.17) is 16.7 Å². The summed E-state index contributed by atoms with van der Waals surface area (Å²) in [6, 6.07) is 17.9. The second kappa shape index (κ2) is 9.88. The van der Waals surface area contributed by atoms with Gasteiger partial charge in [0.25, 0.3) is 5.69 Å². The number of hydrogen-bond acceptors (Lipinski definition) is 6. The Kier molecular flexibility index (Phi) is 7.21. The number of nitrogens with one attached hydrogen (secondary N) is 2. The summed E-state index contributed by atoms with van der Waals surface area (Å²) in [6.07, 6.45) is 0. The van der Waals surface area contributed by atoms with Gasteiger partial charge in [0.2, 0.25) is 15.9 Å². The molecule has 0 aliphatic heterocycles. The second-order valence-electron chi connectivity index (χ2n) is 6.82. The van der Waals surface area contributed by atoms with E-state index in [-0.39, 0.29) is 27.8 Å². The van der Waals surface area contributed by atoms with E-state index in [9.17, 15) is 23.3 Å². The first-order valence-electron chi connectivity index (χ1n) is 9.30. The zero-order valence-electron chi connectivity index (χ0n) is 16.6. The highest BCUT2D eigenvalue weighted by Gasteiger charge is 2.22. The summed E-state index contributed by atoms with van der Waals surface area (Å²) >= 11 is 6.09. The molecule has 0 radical (unpaired) electrons. The molecule has 1 atom stereocenters. The third-order valence-electron chi connectivity index (χ3n) is 4.58. The van der Waals surface area contributed by atoms with Crippen LogP contribution in [0.1, 0.15) is 17.2 Å². The van der Waals surface area contributed by atoms with Crippen LogP contribution in [0.15, 0.2) is 77.7 Å². The predicted octanol–water partition coefficient (Wildman–Crippen LogP) is 3.37. The molecule has 0 fully saturated rings. The summed E-state index contributed by atoms with van der Waals surface area (Å²) in [7, 11) is -3.79. The van der Waals surface area contributed by atoms with Crippen molar-refractivity contribution < 1.29 is 18.1 Å². The van der Waals surface area contributed by atoms with Gasteiger partial charge in [-0.2, -0.15) is 0 Å². The van der Waals surface area contributed by atoms with Crippen LogP contribution in [0.3, 0.4) is 0 Å². The molecule has 0 aromatic heterocycles. The number of amides is 1. The van der Waals surface area contributed by atoms with Gasteiger partial charge in [-0.15, -0.1) is 0 Å². The Morgan fingerprint density at radius 1 is 1.06 bits per heavy atom. The van der Waals surface area contributed by atoms with Crippen molar-refractivity contribution in [2.75, 3.05) is 5.32 Å². The number of benzene rings is 3. The summed E-state index contributed by atoms with van der Waals surface area (Å²) in [6.45, 7) is 0.256. The Morgan fingerprint density at radius 3 is 2.28 bits per heavy atom. The Labute approximate surface area is 189 Å². The molecule has 0 aliphatic carbocycles. The zero-order chi connectivity index (χ0) is 23.3. The highest BCUT2D eigenvalue weighted by Crippen LogP contribution is 2.28. The van der Waals surface area contributed by atoms with E-state index in [1.807, 2.05) is 6.07 Å². The minimum atomic E-state index is -3.79. The maximum atomic E-state index is 13.0. The number of halogens is 1. The van der Waals surface area contributed by atoms with Crippen LogP contribution in [0.5, 0.6) is 0 Å². The van der Waals surface area contributed by atoms with E-state index in [1.54, 1.807) is 36.4 Å². The zero-order valence-corrected chi connectivity index (χ0v) is 18.1. The molecule has 3 aromatic rings. The van der Waals surface area contributed by atoms with Crippen molar-refractivity contribution in [1.82, 2.24) is 5.32 Å². The number of carbonyl (C=O) groups excluding carboxylic acids is 1. The lowest BCUT2D eigenvalue weighted by Crippen LogP contribution is -2.32. The first kappa shape index (κ1) is 23.4. The van der Waals surface area contributed by atoms with Crippen molar-refractivity contribution in [1.29, 1.82) is 0 Å². The number of non-ortho nitro benzene ring substituents is 1. The van der Waals surface area contributed by atoms with Crippen LogP contribution in [0.25, 0.3) is 0 Å². The normalized spacial score (nSPS) is 12.2. The van der Waals surface area contributed by atoms with Crippen molar-refractivity contribution in [3.63, 3.8) is 0 Å². The van der Waals surface area contributed by atoms with Gasteiger partial charge in [0, 0.05) is 18.7 Å². The van der Waals surface area contributed by atoms with Crippen LogP contribution in [-0.2, 0) is 21.4 Å². The summed E-state index contributed by atoms with van der Waals surface area (Å²) in [5, 5.41) is 21.9. The van der Waals surface area contributed by atoms with Gasteiger partial charge in [0.15, 0.2) is 0 Å². The molecule has 3 aromatic carbocycles. The van der Waals surface area contributed by atoms with E-state index in [0.717, 1.165) is 11.6 Å². The SMILES string of the molecule is NS(=O)(=O)c1ccc(CN[C@@H](C(=O)Nc2ccc([N+](=O)[O-])cc2Cl)c2ccccc2)cc1. The minimum Gasteiger partial charge on any atom is -0.323 e. The number of sulfonamides is 1. The lowest BCUT2D eigenvalue weighted by Gasteiger charge is -2.19. The first-order chi connectivity index (χ1) is 15.1. The standard InChI is InChI=1S/C21H19ClN4O5S/c22-18-12-16(26(28)29)8-11-19(18)25-21(27)20(15-4-2-1-3-5-15)24-13-14-6-9-17(10-7-14)32(23,30)31/h1-12,20,24H,13H2,(H,25,27)(H2,23,30,31)/t20-/m1/s1. The van der Waals surface area contributed by atoms with E-state index in [0.29, 0.717) is 5.56 Å². The van der Waals surface area contributed by atoms with Gasteiger partial charge >= 0.3 is 0 Å². The van der Waals surface area contributed by atoms with E-state index in [2.05, 4.69) is 10.6 Å². The Bertz CT molecular complexity index is 1230. The van der Waals surface area contributed by atoms with Crippen molar-refractivity contribution in [3.05, 3.63) is 99.1 Å². The molecule has 0 aliphatic rings. The molecule has 1 amide bonds. The maximum Gasteiger partial charge on any atom is 0.271 e. The summed E-state index contributed by atoms with van der Waals surface area (Å²) in [5.41, 5.74) is 1.47. The van der Waals surface area contributed by atoms with Gasteiger partial charge in [-0.05, 0) is 29.3 Å². The van der Waals surface area contributed by atoms with Crippen LogP contribution in [0, 0.1) is 10.1 Å². The molecular formula is C21H19ClN4O5S. The number of rotatable bonds is 8. The predicted molar refractivity (Wildman–Crippen MR) is 121 cm³/mol. The fraction of sp³-hybridized carbons (Fsp3) is 0.0952. The van der Waals surface area contributed by atoms with Gasteiger partial charge < -0.3 is 5.32 Å². The van der Waals surface area contributed by atoms with Gasteiger partial charge in [-0.1, -0.05) is 54.1 Å². The lowest BCUT2D eigenvalue weighted by atomic mass is 10.1. The number of nitrogens with two attached hydrogens (primary N) is 1. The molecule has 0 saturated carbocycles. The molecule has 0 heterocycles. The van der Waals surface area contributed by atoms with Crippen molar-refractivity contribution in [2.24, 2.45) is 5.14 Å². The molecule has 0 saturated heterocycles. The van der Waals surface area contributed by atoms with Crippen molar-refractivity contribution in [2.45, 2.75) is 17.5 Å². The van der Waals surface area contributed by atoms with E-state index >= 15 is 0 Å². The van der Waals surface area contributed by atoms with Crippen molar-refractivity contribution in [3.8, 4) is 0 Å². The topological polar surface area (TPSA) is 144 Å². The largest absolute Gasteiger partial charge is 0.323 e. The van der Waals surface area contributed by atoms with Crippen LogP contribution in [-0.4, -0.2) is 19.2 Å². The first-order valence-corrected chi connectivity index (χ1v) is 11.2. The summed E-state index contributed by atoms with van der Waals surface area (Å²) < 4.78 is 22.8. The van der Waals surface area contributed by atoms with Crippen LogP contribution >= 0.6 is 11.6 Å². The highest BCUT2D eigenvalue weighted by molar-refractivity contribution is 7.89. The maximum absolute atomic E-state index is 13.0. The molecule has 4 N–H and O–H groups in total. The van der Waals surface area contributed by atoms with Gasteiger partial charge in [0.05, 0.1) is 20.5 Å². The Balaban J connectivity index is 1.79. The number of nitro groups is 1. The highest BCUT2D eigenvalue weighted by atomic mass is 35.5. The molecule has 9 nitrogen and oxygen atoms in total. The van der Waals surface area contributed by atoms with Gasteiger partial charge in [-0.3, -0.25) is 20.2 Å². The van der Waals surface area contributed by atoms with Crippen LogP contribution in [0.2, 0.25) is 5.02 Å². The molecule has 0 spiro atoms. The molecule has 32 heavy (non-hydrogen) atoms. The molecule has 0 bridgehead atoms. The average Bonchev–Trinajstić information content (AvgIpc) is 2.75. The lowest BCUT2D eigenvalue weighted by molar-refractivity contribution is -0.384. The van der Waals surface area contributed by atoms with Gasteiger partial charge in [0.1, 0.15) is 6.04 Å². The number of hydrogen-bond donors (Lipinski definition) is 3. The quantitative estimate of drug-likeness (QED) is 0.337. The summed E-state index contributed by atoms with van der Waals surface area (Å²) in [4.78, 5) is 23.3. The molecule has 166 valence electrons. The Hall–Kier alpha value is -3.31. The van der Waals surface area contributed by atoms with Gasteiger partial charge in [-0.25, -0.2) is 13.6 Å². The summed E-state index contributed by atoms with van der Waals surface area (Å²) in [5.74, 6) is -0.423. The third-order valence-corrected chi connectivity index (χ3v) is 5.82. The second-order valence-corrected chi connectivity index (χ2v) is 8.79. The molecular weight excluding hydrogens is 456 g/mol. The smallest absolute Gasteiger partial charge is 0.271 e. The molecule has 0 unspecified atom stereocenters. The third kappa shape index (κ3) is 5.89. The molecule has 3 rings (SSSR count).